The maximum atomic E-state index is 8.68. The molecule has 0 aromatic carbocycles. The molecule has 0 aliphatic heterocycles. The molecule has 0 unspecified atom stereocenters. The number of nitrogens with zero attached hydrogens (tertiary/aromatic N) is 4. The fourth-order valence-corrected chi connectivity index (χ4v) is 2.07. The molecule has 1 fully saturated rings. The van der Waals surface area contributed by atoms with E-state index in [4.69, 9.17) is 11.1 Å². The highest BCUT2D eigenvalue weighted by Crippen LogP contribution is 2.34. The average Bonchev–Trinajstić information content (AvgIpc) is 3.16. The van der Waals surface area contributed by atoms with Crippen molar-refractivity contribution in [3.05, 3.63) is 10.7 Å². The summed E-state index contributed by atoms with van der Waals surface area (Å²) in [7, 11) is 0. The summed E-state index contributed by atoms with van der Waals surface area (Å²) in [5, 5.41) is 8.68. The van der Waals surface area contributed by atoms with E-state index in [1.165, 1.54) is 0 Å². The first-order valence-corrected chi connectivity index (χ1v) is 6.18. The molecule has 1 saturated carbocycles. The molecule has 0 radical (unpaired) electrons. The number of nitrogens with one attached hydrogen (secondary N) is 1. The first-order valence-electron chi connectivity index (χ1n) is 5.39. The van der Waals surface area contributed by atoms with Crippen LogP contribution in [0.3, 0.4) is 0 Å². The highest BCUT2D eigenvalue weighted by atomic mass is 79.9. The van der Waals surface area contributed by atoms with Crippen molar-refractivity contribution in [3.8, 4) is 6.07 Å². The van der Waals surface area contributed by atoms with Crippen molar-refractivity contribution >= 4 is 27.7 Å². The Kier molecular flexibility index (Phi) is 3.76. The zero-order valence-corrected chi connectivity index (χ0v) is 10.8. The van der Waals surface area contributed by atoms with Crippen LogP contribution in [-0.4, -0.2) is 22.6 Å². The van der Waals surface area contributed by atoms with E-state index in [0.29, 0.717) is 25.0 Å². The molecule has 0 atom stereocenters. The van der Waals surface area contributed by atoms with Crippen LogP contribution in [0.4, 0.5) is 11.8 Å². The van der Waals surface area contributed by atoms with Gasteiger partial charge in [-0.05, 0) is 28.8 Å². The molecule has 1 aliphatic rings. The minimum Gasteiger partial charge on any atom is -0.351 e. The second kappa shape index (κ2) is 5.29. The van der Waals surface area contributed by atoms with Crippen molar-refractivity contribution in [2.45, 2.75) is 25.3 Å². The summed E-state index contributed by atoms with van der Waals surface area (Å²) in [6.07, 6.45) is 4.44. The van der Waals surface area contributed by atoms with Crippen molar-refractivity contribution < 1.29 is 0 Å². The number of nitrogens with two attached hydrogens (primary N) is 1. The summed E-state index contributed by atoms with van der Waals surface area (Å²) in [4.78, 5) is 10.5. The number of anilines is 2. The Morgan fingerprint density at radius 2 is 2.41 bits per heavy atom. The van der Waals surface area contributed by atoms with Gasteiger partial charge in [0.15, 0.2) is 0 Å². The predicted molar refractivity (Wildman–Crippen MR) is 68.1 cm³/mol. The van der Waals surface area contributed by atoms with Crippen LogP contribution in [0, 0.1) is 11.3 Å². The Bertz CT molecular complexity index is 439. The van der Waals surface area contributed by atoms with Crippen LogP contribution in [-0.2, 0) is 0 Å². The van der Waals surface area contributed by atoms with Crippen LogP contribution < -0.4 is 16.2 Å². The Morgan fingerprint density at radius 1 is 1.65 bits per heavy atom. The molecule has 90 valence electrons. The summed E-state index contributed by atoms with van der Waals surface area (Å²) < 4.78 is 0.821. The summed E-state index contributed by atoms with van der Waals surface area (Å²) in [6, 6.07) is 2.64. The van der Waals surface area contributed by atoms with Gasteiger partial charge in [0.2, 0.25) is 5.95 Å². The van der Waals surface area contributed by atoms with Crippen LogP contribution in [0.15, 0.2) is 10.7 Å². The van der Waals surface area contributed by atoms with Gasteiger partial charge in [-0.3, -0.25) is 5.43 Å². The summed E-state index contributed by atoms with van der Waals surface area (Å²) in [5.41, 5.74) is 2.43. The fourth-order valence-electron chi connectivity index (χ4n) is 1.65. The van der Waals surface area contributed by atoms with E-state index in [-0.39, 0.29) is 0 Å². The van der Waals surface area contributed by atoms with Crippen LogP contribution in [0.2, 0.25) is 0 Å². The number of rotatable bonds is 5. The van der Waals surface area contributed by atoms with Gasteiger partial charge >= 0.3 is 0 Å². The van der Waals surface area contributed by atoms with Crippen LogP contribution in [0.25, 0.3) is 0 Å². The lowest BCUT2D eigenvalue weighted by Crippen LogP contribution is -2.28. The zero-order valence-electron chi connectivity index (χ0n) is 9.23. The van der Waals surface area contributed by atoms with Gasteiger partial charge in [-0.1, -0.05) is 0 Å². The van der Waals surface area contributed by atoms with Crippen molar-refractivity contribution in [2.24, 2.45) is 5.84 Å². The van der Waals surface area contributed by atoms with Crippen LogP contribution >= 0.6 is 15.9 Å². The van der Waals surface area contributed by atoms with E-state index >= 15 is 0 Å². The number of hydrazine groups is 1. The van der Waals surface area contributed by atoms with Crippen molar-refractivity contribution in [1.29, 1.82) is 5.26 Å². The van der Waals surface area contributed by atoms with Crippen LogP contribution in [0.1, 0.15) is 19.3 Å². The van der Waals surface area contributed by atoms with Gasteiger partial charge in [-0.15, -0.1) is 0 Å². The maximum Gasteiger partial charge on any atom is 0.239 e. The first-order chi connectivity index (χ1) is 8.26. The first kappa shape index (κ1) is 12.1. The Balaban J connectivity index is 2.24. The Labute approximate surface area is 108 Å². The molecule has 0 spiro atoms. The quantitative estimate of drug-likeness (QED) is 0.630. The number of hydrogen-bond donors (Lipinski definition) is 2. The largest absolute Gasteiger partial charge is 0.351 e. The molecule has 1 heterocycles. The average molecular weight is 297 g/mol. The molecule has 1 aromatic heterocycles. The van der Waals surface area contributed by atoms with Crippen molar-refractivity contribution in [2.75, 3.05) is 16.9 Å². The molecular formula is C10H13BrN6. The van der Waals surface area contributed by atoms with Gasteiger partial charge in [0.1, 0.15) is 5.82 Å². The normalized spacial score (nSPS) is 14.2. The van der Waals surface area contributed by atoms with Gasteiger partial charge in [0.25, 0.3) is 0 Å². The van der Waals surface area contributed by atoms with E-state index < -0.39 is 0 Å². The number of halogens is 1. The highest BCUT2D eigenvalue weighted by molar-refractivity contribution is 9.10. The summed E-state index contributed by atoms with van der Waals surface area (Å²) in [6.45, 7) is 0.681. The lowest BCUT2D eigenvalue weighted by atomic mass is 10.3. The molecule has 1 aliphatic carbocycles. The van der Waals surface area contributed by atoms with E-state index in [2.05, 4.69) is 42.3 Å². The number of hydrogen-bond acceptors (Lipinski definition) is 6. The summed E-state index contributed by atoms with van der Waals surface area (Å²) in [5.74, 6) is 6.48. The van der Waals surface area contributed by atoms with Crippen molar-refractivity contribution in [1.82, 2.24) is 9.97 Å². The third-order valence-electron chi connectivity index (χ3n) is 2.58. The number of aromatic nitrogens is 2. The molecule has 0 amide bonds. The molecule has 2 rings (SSSR count). The van der Waals surface area contributed by atoms with E-state index in [1.807, 2.05) is 0 Å². The molecule has 0 bridgehead atoms. The molecule has 6 nitrogen and oxygen atoms in total. The van der Waals surface area contributed by atoms with E-state index in [9.17, 15) is 0 Å². The molecule has 1 aromatic rings. The third kappa shape index (κ3) is 2.84. The van der Waals surface area contributed by atoms with Gasteiger partial charge in [0, 0.05) is 18.8 Å². The minimum atomic E-state index is 0.380. The molecule has 7 heteroatoms. The lowest BCUT2D eigenvalue weighted by molar-refractivity contribution is 0.773. The van der Waals surface area contributed by atoms with Gasteiger partial charge in [-0.2, -0.15) is 10.2 Å². The molecule has 0 saturated heterocycles. The van der Waals surface area contributed by atoms with E-state index in [0.717, 1.165) is 23.1 Å². The SMILES string of the molecule is N#CCCN(c1nc(NN)ncc1Br)C1CC1. The monoisotopic (exact) mass is 296 g/mol. The topological polar surface area (TPSA) is 90.9 Å². The Hall–Kier alpha value is -1.39. The van der Waals surface area contributed by atoms with Crippen LogP contribution in [0.5, 0.6) is 0 Å². The second-order valence-corrected chi connectivity index (χ2v) is 4.70. The predicted octanol–water partition coefficient (Wildman–Crippen LogP) is 1.41. The smallest absolute Gasteiger partial charge is 0.239 e. The van der Waals surface area contributed by atoms with Gasteiger partial charge in [0.05, 0.1) is 17.0 Å². The number of nitrogen functional groups attached to an aromatic ring is 1. The lowest BCUT2D eigenvalue weighted by Gasteiger charge is -2.23. The maximum absolute atomic E-state index is 8.68. The molecular weight excluding hydrogens is 284 g/mol. The van der Waals surface area contributed by atoms with Gasteiger partial charge in [-0.25, -0.2) is 10.8 Å². The zero-order chi connectivity index (χ0) is 12.3. The van der Waals surface area contributed by atoms with E-state index in [1.54, 1.807) is 6.20 Å². The number of nitriles is 1. The fraction of sp³-hybridized carbons (Fsp3) is 0.500. The highest BCUT2D eigenvalue weighted by Gasteiger charge is 2.31. The third-order valence-corrected chi connectivity index (χ3v) is 3.14. The van der Waals surface area contributed by atoms with Gasteiger partial charge < -0.3 is 4.90 Å². The van der Waals surface area contributed by atoms with Crippen molar-refractivity contribution in [3.63, 3.8) is 0 Å². The molecule has 17 heavy (non-hydrogen) atoms. The summed E-state index contributed by atoms with van der Waals surface area (Å²) >= 11 is 3.43. The Morgan fingerprint density at radius 3 is 3.00 bits per heavy atom. The second-order valence-electron chi connectivity index (χ2n) is 3.84. The standard InChI is InChI=1S/C10H13BrN6/c11-8-6-14-10(16-13)15-9(8)17(5-1-4-12)7-2-3-7/h6-7H,1-3,5,13H2,(H,14,15,16). The molecule has 3 N–H and O–H groups in total. The minimum absolute atomic E-state index is 0.380.